The molecule has 0 aromatic carbocycles. The first-order valence-corrected chi connectivity index (χ1v) is 7.80. The molecule has 0 N–H and O–H groups in total. The summed E-state index contributed by atoms with van der Waals surface area (Å²) >= 11 is 0. The summed E-state index contributed by atoms with van der Waals surface area (Å²) in [6.45, 7) is 1.34. The third-order valence-corrected chi connectivity index (χ3v) is 4.18. The van der Waals surface area contributed by atoms with Crippen LogP contribution >= 0.6 is 0 Å². The van der Waals surface area contributed by atoms with Gasteiger partial charge in [-0.1, -0.05) is 12.2 Å². The number of piperidine rings is 1. The lowest BCUT2D eigenvalue weighted by molar-refractivity contribution is -0.138. The molecule has 0 radical (unpaired) electrons. The van der Waals surface area contributed by atoms with Crippen molar-refractivity contribution in [2.75, 3.05) is 13.1 Å². The number of nitrogens with zero attached hydrogens (tertiary/aromatic N) is 3. The summed E-state index contributed by atoms with van der Waals surface area (Å²) in [6.07, 6.45) is 10.8. The predicted octanol–water partition coefficient (Wildman–Crippen LogP) is 2.34. The molecule has 2 heterocycles. The van der Waals surface area contributed by atoms with Crippen LogP contribution in [0, 0.1) is 11.7 Å². The molecule has 22 heavy (non-hydrogen) atoms. The van der Waals surface area contributed by atoms with Gasteiger partial charge >= 0.3 is 6.01 Å². The molecule has 0 spiro atoms. The Morgan fingerprint density at radius 1 is 1.27 bits per heavy atom. The van der Waals surface area contributed by atoms with E-state index in [-0.39, 0.29) is 23.9 Å². The molecule has 0 saturated carbocycles. The molecular formula is C16H20FN3O2. The van der Waals surface area contributed by atoms with Crippen LogP contribution in [-0.2, 0) is 4.79 Å². The molecule has 1 amide bonds. The fourth-order valence-electron chi connectivity index (χ4n) is 3.02. The fraction of sp³-hybridized carbons (Fsp3) is 0.562. The topological polar surface area (TPSA) is 55.3 Å². The zero-order valence-electron chi connectivity index (χ0n) is 12.4. The van der Waals surface area contributed by atoms with Crippen LogP contribution in [0.25, 0.3) is 0 Å². The Morgan fingerprint density at radius 2 is 2.09 bits per heavy atom. The van der Waals surface area contributed by atoms with Crippen molar-refractivity contribution >= 4 is 5.91 Å². The summed E-state index contributed by atoms with van der Waals surface area (Å²) in [7, 11) is 0. The van der Waals surface area contributed by atoms with Crippen molar-refractivity contribution in [2.45, 2.75) is 38.2 Å². The summed E-state index contributed by atoms with van der Waals surface area (Å²) in [5.41, 5.74) is 0. The van der Waals surface area contributed by atoms with E-state index in [1.54, 1.807) is 0 Å². The average molecular weight is 305 g/mol. The SMILES string of the molecule is O=C(C1CC=CCC1)N1CCCC(Oc2ncc(F)cn2)C1. The highest BCUT2D eigenvalue weighted by atomic mass is 19.1. The second kappa shape index (κ2) is 6.85. The highest BCUT2D eigenvalue weighted by Gasteiger charge is 2.29. The van der Waals surface area contributed by atoms with Gasteiger partial charge in [0, 0.05) is 12.5 Å². The van der Waals surface area contributed by atoms with Crippen molar-refractivity contribution in [1.29, 1.82) is 0 Å². The van der Waals surface area contributed by atoms with E-state index < -0.39 is 5.82 Å². The Hall–Kier alpha value is -1.98. The maximum absolute atomic E-state index is 12.8. The first-order valence-electron chi connectivity index (χ1n) is 7.80. The Kier molecular flexibility index (Phi) is 4.65. The smallest absolute Gasteiger partial charge is 0.316 e. The lowest BCUT2D eigenvalue weighted by Gasteiger charge is -2.34. The van der Waals surface area contributed by atoms with E-state index in [4.69, 9.17) is 4.74 Å². The van der Waals surface area contributed by atoms with Crippen LogP contribution in [0.5, 0.6) is 6.01 Å². The van der Waals surface area contributed by atoms with Crippen LogP contribution < -0.4 is 4.74 Å². The molecule has 1 aliphatic carbocycles. The van der Waals surface area contributed by atoms with Crippen LogP contribution in [0.4, 0.5) is 4.39 Å². The summed E-state index contributed by atoms with van der Waals surface area (Å²) in [6, 6.07) is 0.168. The normalized spacial score (nSPS) is 25.0. The minimum atomic E-state index is -0.488. The van der Waals surface area contributed by atoms with Crippen LogP contribution in [0.2, 0.25) is 0 Å². The highest BCUT2D eigenvalue weighted by molar-refractivity contribution is 5.79. The molecule has 1 fully saturated rings. The number of aromatic nitrogens is 2. The molecule has 118 valence electrons. The van der Waals surface area contributed by atoms with Crippen molar-refractivity contribution in [3.05, 3.63) is 30.4 Å². The molecular weight excluding hydrogens is 285 g/mol. The van der Waals surface area contributed by atoms with Gasteiger partial charge in [0.15, 0.2) is 5.82 Å². The number of amides is 1. The van der Waals surface area contributed by atoms with E-state index >= 15 is 0 Å². The van der Waals surface area contributed by atoms with Crippen molar-refractivity contribution in [1.82, 2.24) is 14.9 Å². The molecule has 1 aromatic heterocycles. The summed E-state index contributed by atoms with van der Waals surface area (Å²) < 4.78 is 18.5. The number of hydrogen-bond acceptors (Lipinski definition) is 4. The number of hydrogen-bond donors (Lipinski definition) is 0. The lowest BCUT2D eigenvalue weighted by atomic mass is 9.92. The predicted molar refractivity (Wildman–Crippen MR) is 78.7 cm³/mol. The first-order chi connectivity index (χ1) is 10.7. The van der Waals surface area contributed by atoms with E-state index in [9.17, 15) is 9.18 Å². The average Bonchev–Trinajstić information content (AvgIpc) is 2.57. The van der Waals surface area contributed by atoms with Gasteiger partial charge in [0.25, 0.3) is 0 Å². The van der Waals surface area contributed by atoms with Gasteiger partial charge in [0.2, 0.25) is 5.91 Å². The minimum absolute atomic E-state index is 0.103. The molecule has 1 saturated heterocycles. The molecule has 6 heteroatoms. The fourth-order valence-corrected chi connectivity index (χ4v) is 3.02. The molecule has 3 rings (SSSR count). The lowest BCUT2D eigenvalue weighted by Crippen LogP contribution is -2.46. The standard InChI is InChI=1S/C16H20FN3O2/c17-13-9-18-16(19-10-13)22-14-7-4-8-20(11-14)15(21)12-5-2-1-3-6-12/h1-2,9-10,12,14H,3-8,11H2. The zero-order valence-corrected chi connectivity index (χ0v) is 12.4. The van der Waals surface area contributed by atoms with Crippen LogP contribution in [0.3, 0.4) is 0 Å². The van der Waals surface area contributed by atoms with E-state index in [2.05, 4.69) is 22.1 Å². The van der Waals surface area contributed by atoms with Gasteiger partial charge in [-0.15, -0.1) is 0 Å². The number of likely N-dealkylation sites (tertiary alicyclic amines) is 1. The minimum Gasteiger partial charge on any atom is -0.458 e. The number of rotatable bonds is 3. The molecule has 2 aliphatic rings. The first kappa shape index (κ1) is 14.9. The van der Waals surface area contributed by atoms with Gasteiger partial charge in [-0.25, -0.2) is 14.4 Å². The second-order valence-corrected chi connectivity index (χ2v) is 5.83. The molecule has 2 atom stereocenters. The third-order valence-electron chi connectivity index (χ3n) is 4.18. The van der Waals surface area contributed by atoms with Gasteiger partial charge in [-0.05, 0) is 32.1 Å². The van der Waals surface area contributed by atoms with Crippen LogP contribution in [0.1, 0.15) is 32.1 Å². The maximum atomic E-state index is 12.8. The Bertz CT molecular complexity index is 547. The van der Waals surface area contributed by atoms with Crippen molar-refractivity contribution in [2.24, 2.45) is 5.92 Å². The van der Waals surface area contributed by atoms with Crippen molar-refractivity contribution < 1.29 is 13.9 Å². The van der Waals surface area contributed by atoms with Crippen LogP contribution in [-0.4, -0.2) is 40.0 Å². The molecule has 5 nitrogen and oxygen atoms in total. The number of carbonyl (C=O) groups is 1. The van der Waals surface area contributed by atoms with Crippen LogP contribution in [0.15, 0.2) is 24.5 Å². The molecule has 1 aromatic rings. The Morgan fingerprint density at radius 3 is 2.82 bits per heavy atom. The number of allylic oxidation sites excluding steroid dienone is 2. The highest BCUT2D eigenvalue weighted by Crippen LogP contribution is 2.23. The van der Waals surface area contributed by atoms with Crippen molar-refractivity contribution in [3.63, 3.8) is 0 Å². The van der Waals surface area contributed by atoms with Crippen molar-refractivity contribution in [3.8, 4) is 6.01 Å². The third kappa shape index (κ3) is 3.61. The number of halogens is 1. The maximum Gasteiger partial charge on any atom is 0.316 e. The monoisotopic (exact) mass is 305 g/mol. The number of ether oxygens (including phenoxy) is 1. The molecule has 1 aliphatic heterocycles. The van der Waals surface area contributed by atoms with E-state index in [1.807, 2.05) is 4.90 Å². The van der Waals surface area contributed by atoms with E-state index in [0.29, 0.717) is 6.54 Å². The molecule has 2 unspecified atom stereocenters. The summed E-state index contributed by atoms with van der Waals surface area (Å²) in [5.74, 6) is -0.165. The van der Waals surface area contributed by atoms with Gasteiger partial charge < -0.3 is 9.64 Å². The van der Waals surface area contributed by atoms with Gasteiger partial charge in [0.05, 0.1) is 18.9 Å². The Labute approximate surface area is 129 Å². The van der Waals surface area contributed by atoms with Gasteiger partial charge in [-0.2, -0.15) is 0 Å². The van der Waals surface area contributed by atoms with Gasteiger partial charge in [-0.3, -0.25) is 4.79 Å². The summed E-state index contributed by atoms with van der Waals surface area (Å²) in [5, 5.41) is 0. The quantitative estimate of drug-likeness (QED) is 0.804. The summed E-state index contributed by atoms with van der Waals surface area (Å²) in [4.78, 5) is 22.1. The van der Waals surface area contributed by atoms with E-state index in [0.717, 1.165) is 51.0 Å². The molecule has 0 bridgehead atoms. The van der Waals surface area contributed by atoms with Gasteiger partial charge in [0.1, 0.15) is 6.10 Å². The number of carbonyl (C=O) groups excluding carboxylic acids is 1. The van der Waals surface area contributed by atoms with E-state index in [1.165, 1.54) is 0 Å². The zero-order chi connectivity index (χ0) is 15.4. The Balaban J connectivity index is 1.57. The second-order valence-electron chi connectivity index (χ2n) is 5.83. The largest absolute Gasteiger partial charge is 0.458 e.